The number of rotatable bonds is 2. The highest BCUT2D eigenvalue weighted by molar-refractivity contribution is 5.68. The maximum Gasteiger partial charge on any atom is 0.471 e. The largest absolute Gasteiger partial charge is 0.471 e. The molecule has 2 aromatic heterocycles. The van der Waals surface area contributed by atoms with Crippen molar-refractivity contribution < 1.29 is 27.2 Å². The van der Waals surface area contributed by atoms with Crippen molar-refractivity contribution in [2.75, 3.05) is 31.1 Å². The average Bonchev–Trinajstić information content (AvgIpc) is 3.23. The minimum absolute atomic E-state index is 0.147. The predicted molar refractivity (Wildman–Crippen MR) is 116 cm³/mol. The van der Waals surface area contributed by atoms with Crippen molar-refractivity contribution in [2.45, 2.75) is 59.2 Å². The Bertz CT molecular complexity index is 937. The monoisotopic (exact) mass is 469 g/mol. The van der Waals surface area contributed by atoms with Crippen molar-refractivity contribution in [3.63, 3.8) is 0 Å². The molecule has 8 nitrogen and oxygen atoms in total. The number of alkyl halides is 3. The van der Waals surface area contributed by atoms with E-state index >= 15 is 0 Å². The van der Waals surface area contributed by atoms with Crippen LogP contribution in [0, 0.1) is 5.41 Å². The summed E-state index contributed by atoms with van der Waals surface area (Å²) in [6.45, 7) is 12.5. The van der Waals surface area contributed by atoms with Crippen LogP contribution >= 0.6 is 0 Å². The highest BCUT2D eigenvalue weighted by Gasteiger charge is 2.46. The van der Waals surface area contributed by atoms with Crippen LogP contribution in [0.3, 0.4) is 0 Å². The lowest BCUT2D eigenvalue weighted by molar-refractivity contribution is -0.159. The highest BCUT2D eigenvalue weighted by atomic mass is 19.4. The van der Waals surface area contributed by atoms with Crippen LogP contribution in [0.4, 0.5) is 23.8 Å². The van der Waals surface area contributed by atoms with E-state index in [0.29, 0.717) is 18.7 Å². The number of hydrogen-bond donors (Lipinski definition) is 0. The number of carbonyl (C=O) groups is 1. The molecule has 1 spiro atoms. The molecule has 2 fully saturated rings. The van der Waals surface area contributed by atoms with Gasteiger partial charge in [-0.1, -0.05) is 19.0 Å². The summed E-state index contributed by atoms with van der Waals surface area (Å²) < 4.78 is 47.5. The van der Waals surface area contributed by atoms with Crippen molar-refractivity contribution in [1.29, 1.82) is 0 Å². The van der Waals surface area contributed by atoms with E-state index in [4.69, 9.17) is 4.74 Å². The molecule has 0 bridgehead atoms. The third-order valence-corrected chi connectivity index (χ3v) is 5.53. The molecule has 0 N–H and O–H groups in total. The van der Waals surface area contributed by atoms with Gasteiger partial charge in [-0.25, -0.2) is 9.78 Å². The Morgan fingerprint density at radius 3 is 2.24 bits per heavy atom. The van der Waals surface area contributed by atoms with Gasteiger partial charge in [0.15, 0.2) is 0 Å². The second kappa shape index (κ2) is 9.18. The van der Waals surface area contributed by atoms with E-state index in [9.17, 15) is 18.0 Å². The Kier molecular flexibility index (Phi) is 6.90. The fraction of sp³-hybridized carbons (Fsp3) is 0.636. The van der Waals surface area contributed by atoms with Gasteiger partial charge in [0.05, 0.1) is 0 Å². The fourth-order valence-electron chi connectivity index (χ4n) is 3.89. The quantitative estimate of drug-likeness (QED) is 0.611. The number of piperidine rings is 1. The standard InChI is InChI=1S/C20H24F3N5O3.C2H6/c1-18(2,3)30-17(29)27-8-6-19(7-9-27)11-28(12-19)14-5-4-13(10-24-14)15-25-16(31-26-15)20(21,22)23;1-2/h4-5,10H,6-9,11-12H2,1-3H3;1-2H3. The molecule has 182 valence electrons. The number of likely N-dealkylation sites (tertiary alicyclic amines) is 1. The first kappa shape index (κ1) is 24.8. The average molecular weight is 470 g/mol. The maximum absolute atomic E-state index is 12.6. The van der Waals surface area contributed by atoms with Gasteiger partial charge in [0.1, 0.15) is 11.4 Å². The number of carbonyl (C=O) groups excluding carboxylic acids is 1. The molecule has 2 saturated heterocycles. The van der Waals surface area contributed by atoms with Crippen molar-refractivity contribution in [3.05, 3.63) is 24.2 Å². The summed E-state index contributed by atoms with van der Waals surface area (Å²) in [6, 6.07) is 3.37. The molecule has 4 rings (SSSR count). The molecule has 4 heterocycles. The smallest absolute Gasteiger partial charge is 0.444 e. The summed E-state index contributed by atoms with van der Waals surface area (Å²) in [7, 11) is 0. The molecule has 2 aliphatic rings. The van der Waals surface area contributed by atoms with E-state index < -0.39 is 17.7 Å². The molecule has 2 aliphatic heterocycles. The van der Waals surface area contributed by atoms with Gasteiger partial charge >= 0.3 is 18.2 Å². The molecule has 1 amide bonds. The van der Waals surface area contributed by atoms with Gasteiger partial charge < -0.3 is 19.1 Å². The Hall–Kier alpha value is -2.85. The van der Waals surface area contributed by atoms with E-state index in [2.05, 4.69) is 24.5 Å². The van der Waals surface area contributed by atoms with E-state index in [1.807, 2.05) is 34.6 Å². The third-order valence-electron chi connectivity index (χ3n) is 5.53. The normalized spacial score (nSPS) is 17.8. The van der Waals surface area contributed by atoms with Gasteiger partial charge in [-0.2, -0.15) is 18.2 Å². The van der Waals surface area contributed by atoms with Crippen molar-refractivity contribution >= 4 is 11.9 Å². The molecule has 0 aromatic carbocycles. The van der Waals surface area contributed by atoms with Crippen LogP contribution in [-0.2, 0) is 10.9 Å². The molecule has 33 heavy (non-hydrogen) atoms. The summed E-state index contributed by atoms with van der Waals surface area (Å²) in [6.07, 6.45) is -1.72. The topological polar surface area (TPSA) is 84.6 Å². The minimum atomic E-state index is -4.68. The van der Waals surface area contributed by atoms with Gasteiger partial charge in [-0.3, -0.25) is 0 Å². The van der Waals surface area contributed by atoms with Crippen LogP contribution in [0.1, 0.15) is 53.4 Å². The van der Waals surface area contributed by atoms with E-state index in [1.165, 1.54) is 6.20 Å². The third kappa shape index (κ3) is 5.75. The lowest BCUT2D eigenvalue weighted by atomic mass is 9.72. The number of amides is 1. The maximum atomic E-state index is 12.6. The van der Waals surface area contributed by atoms with Crippen molar-refractivity contribution in [2.24, 2.45) is 5.41 Å². The lowest BCUT2D eigenvalue weighted by Crippen LogP contribution is -2.61. The van der Waals surface area contributed by atoms with Crippen molar-refractivity contribution in [3.8, 4) is 11.4 Å². The van der Waals surface area contributed by atoms with E-state index in [0.717, 1.165) is 31.7 Å². The van der Waals surface area contributed by atoms with Gasteiger partial charge in [0.2, 0.25) is 5.82 Å². The van der Waals surface area contributed by atoms with E-state index in [1.54, 1.807) is 17.0 Å². The van der Waals surface area contributed by atoms with Gasteiger partial charge in [0.25, 0.3) is 0 Å². The SMILES string of the molecule is CC.CC(C)(C)OC(=O)N1CCC2(CC1)CN(c1ccc(-c3noc(C(F)(F)F)n3)cn1)C2. The number of ether oxygens (including phenoxy) is 1. The fourth-order valence-corrected chi connectivity index (χ4v) is 3.89. The number of pyridine rings is 1. The zero-order valence-electron chi connectivity index (χ0n) is 19.6. The number of nitrogens with zero attached hydrogens (tertiary/aromatic N) is 5. The van der Waals surface area contributed by atoms with Gasteiger partial charge in [-0.15, -0.1) is 0 Å². The second-order valence-corrected chi connectivity index (χ2v) is 9.15. The van der Waals surface area contributed by atoms with E-state index in [-0.39, 0.29) is 17.3 Å². The Morgan fingerprint density at radius 1 is 1.12 bits per heavy atom. The molecular formula is C22H30F3N5O3. The number of hydrogen-bond acceptors (Lipinski definition) is 7. The summed E-state index contributed by atoms with van der Waals surface area (Å²) in [4.78, 5) is 23.8. The molecule has 0 unspecified atom stereocenters. The Labute approximate surface area is 191 Å². The summed E-state index contributed by atoms with van der Waals surface area (Å²) >= 11 is 0. The molecule has 0 saturated carbocycles. The molecule has 0 radical (unpaired) electrons. The lowest BCUT2D eigenvalue weighted by Gasteiger charge is -2.54. The van der Waals surface area contributed by atoms with Crippen LogP contribution in [-0.4, -0.2) is 57.9 Å². The minimum Gasteiger partial charge on any atom is -0.444 e. The summed E-state index contributed by atoms with van der Waals surface area (Å²) in [5, 5.41) is 3.37. The highest BCUT2D eigenvalue weighted by Crippen LogP contribution is 2.42. The van der Waals surface area contributed by atoms with Gasteiger partial charge in [0, 0.05) is 43.4 Å². The first-order chi connectivity index (χ1) is 15.4. The summed E-state index contributed by atoms with van der Waals surface area (Å²) in [5.74, 6) is -0.793. The van der Waals surface area contributed by atoms with Crippen LogP contribution in [0.5, 0.6) is 0 Å². The number of aromatic nitrogens is 3. The van der Waals surface area contributed by atoms with Crippen LogP contribution in [0.25, 0.3) is 11.4 Å². The second-order valence-electron chi connectivity index (χ2n) is 9.15. The number of halogens is 3. The first-order valence-corrected chi connectivity index (χ1v) is 11.0. The summed E-state index contributed by atoms with van der Waals surface area (Å²) in [5.41, 5.74) is -0.00901. The number of anilines is 1. The zero-order chi connectivity index (χ0) is 24.4. The molecule has 2 aromatic rings. The molecule has 11 heteroatoms. The first-order valence-electron chi connectivity index (χ1n) is 11.0. The predicted octanol–water partition coefficient (Wildman–Crippen LogP) is 5.01. The molecular weight excluding hydrogens is 439 g/mol. The van der Waals surface area contributed by atoms with Crippen LogP contribution in [0.2, 0.25) is 0 Å². The van der Waals surface area contributed by atoms with Gasteiger partial charge in [-0.05, 0) is 45.7 Å². The Morgan fingerprint density at radius 2 is 1.76 bits per heavy atom. The zero-order valence-corrected chi connectivity index (χ0v) is 19.6. The van der Waals surface area contributed by atoms with Crippen LogP contribution < -0.4 is 4.90 Å². The van der Waals surface area contributed by atoms with Crippen molar-refractivity contribution in [1.82, 2.24) is 20.0 Å². The van der Waals surface area contributed by atoms with Crippen LogP contribution in [0.15, 0.2) is 22.9 Å². The molecule has 0 atom stereocenters. The molecule has 0 aliphatic carbocycles. The Balaban J connectivity index is 0.00000149.